The highest BCUT2D eigenvalue weighted by Crippen LogP contribution is 2.32. The topological polar surface area (TPSA) is 66.5 Å². The van der Waals surface area contributed by atoms with Crippen molar-refractivity contribution in [1.82, 2.24) is 9.62 Å². The summed E-state index contributed by atoms with van der Waals surface area (Å²) < 4.78 is 39.9. The van der Waals surface area contributed by atoms with Crippen molar-refractivity contribution >= 4 is 39.1 Å². The van der Waals surface area contributed by atoms with E-state index < -0.39 is 15.8 Å². The van der Waals surface area contributed by atoms with Crippen LogP contribution < -0.4 is 5.32 Å². The van der Waals surface area contributed by atoms with Crippen molar-refractivity contribution in [3.05, 3.63) is 63.9 Å². The van der Waals surface area contributed by atoms with Crippen molar-refractivity contribution in [3.63, 3.8) is 0 Å². The van der Waals surface area contributed by atoms with E-state index in [-0.39, 0.29) is 40.0 Å². The lowest BCUT2D eigenvalue weighted by Crippen LogP contribution is -2.46. The van der Waals surface area contributed by atoms with Gasteiger partial charge < -0.3 is 5.32 Å². The highest BCUT2D eigenvalue weighted by molar-refractivity contribution is 7.89. The number of nitrogens with zero attached hydrogens (tertiary/aromatic N) is 1. The van der Waals surface area contributed by atoms with E-state index >= 15 is 0 Å². The first kappa shape index (κ1) is 20.1. The molecular formula is C18H17Cl2FN2O3S. The second kappa shape index (κ2) is 8.14. The van der Waals surface area contributed by atoms with Gasteiger partial charge in [0.05, 0.1) is 10.0 Å². The molecule has 3 rings (SSSR count). The molecule has 1 fully saturated rings. The van der Waals surface area contributed by atoms with E-state index in [1.54, 1.807) is 0 Å². The fraction of sp³-hybridized carbons (Fsp3) is 0.278. The van der Waals surface area contributed by atoms with Crippen molar-refractivity contribution in [2.24, 2.45) is 0 Å². The Bertz CT molecular complexity index is 944. The summed E-state index contributed by atoms with van der Waals surface area (Å²) in [5.41, 5.74) is 0.358. The van der Waals surface area contributed by atoms with E-state index in [9.17, 15) is 17.6 Å². The van der Waals surface area contributed by atoms with E-state index in [2.05, 4.69) is 5.32 Å². The average molecular weight is 431 g/mol. The number of sulfonamides is 1. The van der Waals surface area contributed by atoms with Gasteiger partial charge in [0.2, 0.25) is 10.0 Å². The van der Waals surface area contributed by atoms with Crippen LogP contribution in [0.3, 0.4) is 0 Å². The summed E-state index contributed by atoms with van der Waals surface area (Å²) in [6.45, 7) is 0.499. The molecule has 1 aliphatic rings. The van der Waals surface area contributed by atoms with Crippen LogP contribution in [-0.4, -0.2) is 37.8 Å². The maximum Gasteiger partial charge on any atom is 0.251 e. The molecule has 1 saturated heterocycles. The monoisotopic (exact) mass is 430 g/mol. The van der Waals surface area contributed by atoms with Gasteiger partial charge in [0.1, 0.15) is 10.7 Å². The first-order valence-electron chi connectivity index (χ1n) is 8.29. The molecule has 144 valence electrons. The molecule has 1 aliphatic heterocycles. The number of carbonyl (C=O) groups is 1. The molecular weight excluding hydrogens is 414 g/mol. The summed E-state index contributed by atoms with van der Waals surface area (Å²) in [4.78, 5) is 12.2. The van der Waals surface area contributed by atoms with Crippen LogP contribution in [0.2, 0.25) is 10.0 Å². The predicted molar refractivity (Wildman–Crippen MR) is 102 cm³/mol. The molecule has 0 bridgehead atoms. The van der Waals surface area contributed by atoms with Crippen LogP contribution in [0.5, 0.6) is 0 Å². The number of amides is 1. The smallest absolute Gasteiger partial charge is 0.251 e. The Morgan fingerprint density at radius 2 is 1.70 bits per heavy atom. The van der Waals surface area contributed by atoms with Crippen LogP contribution >= 0.6 is 23.2 Å². The number of halogens is 3. The van der Waals surface area contributed by atoms with Crippen LogP contribution in [0.4, 0.5) is 4.39 Å². The van der Waals surface area contributed by atoms with E-state index in [0.29, 0.717) is 18.4 Å². The lowest BCUT2D eigenvalue weighted by atomic mass is 10.1. The molecule has 0 radical (unpaired) electrons. The van der Waals surface area contributed by atoms with Gasteiger partial charge in [-0.05, 0) is 49.2 Å². The molecule has 0 aliphatic carbocycles. The summed E-state index contributed by atoms with van der Waals surface area (Å²) in [7, 11) is -3.76. The van der Waals surface area contributed by atoms with E-state index in [1.807, 2.05) is 0 Å². The molecule has 0 aromatic heterocycles. The number of benzene rings is 2. The number of piperidine rings is 1. The summed E-state index contributed by atoms with van der Waals surface area (Å²) in [5.74, 6) is -0.723. The first-order chi connectivity index (χ1) is 12.8. The minimum Gasteiger partial charge on any atom is -0.349 e. The average Bonchev–Trinajstić information content (AvgIpc) is 2.65. The fourth-order valence-corrected chi connectivity index (χ4v) is 5.14. The van der Waals surface area contributed by atoms with E-state index in [1.165, 1.54) is 46.8 Å². The zero-order valence-electron chi connectivity index (χ0n) is 14.2. The van der Waals surface area contributed by atoms with Crippen molar-refractivity contribution in [2.45, 2.75) is 23.8 Å². The lowest BCUT2D eigenvalue weighted by Gasteiger charge is -2.31. The number of hydrogen-bond donors (Lipinski definition) is 1. The molecule has 0 atom stereocenters. The second-order valence-electron chi connectivity index (χ2n) is 6.21. The zero-order chi connectivity index (χ0) is 19.6. The van der Waals surface area contributed by atoms with Gasteiger partial charge in [-0.1, -0.05) is 29.3 Å². The van der Waals surface area contributed by atoms with Gasteiger partial charge in [-0.2, -0.15) is 4.31 Å². The first-order valence-corrected chi connectivity index (χ1v) is 10.5. The van der Waals surface area contributed by atoms with Gasteiger partial charge in [-0.3, -0.25) is 4.79 Å². The standard InChI is InChI=1S/C18H17Cl2FN2O3S/c19-15-2-1-3-16(17(15)20)27(25,26)23-10-8-14(9-11-23)22-18(24)12-4-6-13(21)7-5-12/h1-7,14H,8-11H2,(H,22,24). The Hall–Kier alpha value is -1.67. The van der Waals surface area contributed by atoms with Gasteiger partial charge >= 0.3 is 0 Å². The highest BCUT2D eigenvalue weighted by Gasteiger charge is 2.31. The van der Waals surface area contributed by atoms with Crippen molar-refractivity contribution < 1.29 is 17.6 Å². The third kappa shape index (κ3) is 4.43. The van der Waals surface area contributed by atoms with Gasteiger partial charge in [0, 0.05) is 24.7 Å². The lowest BCUT2D eigenvalue weighted by molar-refractivity contribution is 0.0924. The summed E-state index contributed by atoms with van der Waals surface area (Å²) in [6, 6.07) is 9.58. The minimum absolute atomic E-state index is 0.00547. The summed E-state index contributed by atoms with van der Waals surface area (Å²) >= 11 is 12.0. The van der Waals surface area contributed by atoms with Crippen LogP contribution in [0.1, 0.15) is 23.2 Å². The molecule has 0 saturated carbocycles. The molecule has 2 aromatic carbocycles. The van der Waals surface area contributed by atoms with Crippen molar-refractivity contribution in [2.75, 3.05) is 13.1 Å². The van der Waals surface area contributed by atoms with Crippen LogP contribution in [0, 0.1) is 5.82 Å². The molecule has 2 aromatic rings. The fourth-order valence-electron chi connectivity index (χ4n) is 2.93. The summed E-state index contributed by atoms with van der Waals surface area (Å²) in [5, 5.41) is 3.04. The number of rotatable bonds is 4. The SMILES string of the molecule is O=C(NC1CCN(S(=O)(=O)c2cccc(Cl)c2Cl)CC1)c1ccc(F)cc1. The van der Waals surface area contributed by atoms with Crippen LogP contribution in [0.15, 0.2) is 47.4 Å². The van der Waals surface area contributed by atoms with Gasteiger partial charge in [0.15, 0.2) is 0 Å². The predicted octanol–water partition coefficient (Wildman–Crippen LogP) is 3.72. The molecule has 0 unspecified atom stereocenters. The Labute approximate surface area is 167 Å². The second-order valence-corrected chi connectivity index (χ2v) is 8.90. The Morgan fingerprint density at radius 3 is 2.33 bits per heavy atom. The molecule has 1 heterocycles. The molecule has 0 spiro atoms. The maximum absolute atomic E-state index is 12.9. The Balaban J connectivity index is 1.64. The molecule has 1 N–H and O–H groups in total. The third-order valence-corrected chi connectivity index (χ3v) is 7.30. The minimum atomic E-state index is -3.76. The Morgan fingerprint density at radius 1 is 1.07 bits per heavy atom. The van der Waals surface area contributed by atoms with Crippen molar-refractivity contribution in [1.29, 1.82) is 0 Å². The van der Waals surface area contributed by atoms with Crippen LogP contribution in [0.25, 0.3) is 0 Å². The largest absolute Gasteiger partial charge is 0.349 e. The molecule has 1 amide bonds. The highest BCUT2D eigenvalue weighted by atomic mass is 35.5. The van der Waals surface area contributed by atoms with E-state index in [0.717, 1.165) is 0 Å². The normalized spacial score (nSPS) is 16.3. The number of nitrogens with one attached hydrogen (secondary N) is 1. The Kier molecular flexibility index (Phi) is 6.05. The summed E-state index contributed by atoms with van der Waals surface area (Å²) in [6.07, 6.45) is 0.925. The molecule has 5 nitrogen and oxygen atoms in total. The maximum atomic E-state index is 12.9. The molecule has 9 heteroatoms. The number of carbonyl (C=O) groups excluding carboxylic acids is 1. The third-order valence-electron chi connectivity index (χ3n) is 4.43. The number of hydrogen-bond acceptors (Lipinski definition) is 3. The van der Waals surface area contributed by atoms with Gasteiger partial charge in [-0.15, -0.1) is 0 Å². The zero-order valence-corrected chi connectivity index (χ0v) is 16.5. The quantitative estimate of drug-likeness (QED) is 0.803. The van der Waals surface area contributed by atoms with Crippen molar-refractivity contribution in [3.8, 4) is 0 Å². The van der Waals surface area contributed by atoms with E-state index in [4.69, 9.17) is 23.2 Å². The van der Waals surface area contributed by atoms with Crippen LogP contribution in [-0.2, 0) is 10.0 Å². The van der Waals surface area contributed by atoms with Gasteiger partial charge in [0.25, 0.3) is 5.91 Å². The van der Waals surface area contributed by atoms with Gasteiger partial charge in [-0.25, -0.2) is 12.8 Å². The molecule has 27 heavy (non-hydrogen) atoms.